The van der Waals surface area contributed by atoms with E-state index in [1.807, 2.05) is 58.9 Å². The van der Waals surface area contributed by atoms with Crippen LogP contribution in [0.15, 0.2) is 36.4 Å². The summed E-state index contributed by atoms with van der Waals surface area (Å²) in [6, 6.07) is 7.76. The number of carbonyl (C=O) groups excluding carboxylic acids is 2. The van der Waals surface area contributed by atoms with Crippen LogP contribution in [0.3, 0.4) is 0 Å². The van der Waals surface area contributed by atoms with E-state index in [1.165, 1.54) is 15.9 Å². The van der Waals surface area contributed by atoms with Crippen molar-refractivity contribution in [3.05, 3.63) is 42.0 Å². The lowest BCUT2D eigenvalue weighted by Gasteiger charge is -2.28. The summed E-state index contributed by atoms with van der Waals surface area (Å²) >= 11 is 0. The van der Waals surface area contributed by atoms with Gasteiger partial charge in [-0.15, -0.1) is 0 Å². The molecule has 6 nitrogen and oxygen atoms in total. The fraction of sp³-hybridized carbons (Fsp3) is 0.524. The highest BCUT2D eigenvalue weighted by Crippen LogP contribution is 2.15. The van der Waals surface area contributed by atoms with Crippen LogP contribution in [0.5, 0.6) is 5.75 Å². The van der Waals surface area contributed by atoms with Crippen molar-refractivity contribution in [3.63, 3.8) is 0 Å². The Morgan fingerprint density at radius 3 is 2.26 bits per heavy atom. The third-order valence-electron chi connectivity index (χ3n) is 3.51. The Labute approximate surface area is 162 Å². The normalized spacial score (nSPS) is 12.6. The van der Waals surface area contributed by atoms with E-state index >= 15 is 0 Å². The van der Waals surface area contributed by atoms with Crippen molar-refractivity contribution in [2.45, 2.75) is 46.3 Å². The molecule has 1 rings (SSSR count). The molecule has 0 aliphatic heterocycles. The van der Waals surface area contributed by atoms with E-state index in [9.17, 15) is 9.59 Å². The Morgan fingerprint density at radius 2 is 1.74 bits per heavy atom. The zero-order valence-corrected chi connectivity index (χ0v) is 17.5. The van der Waals surface area contributed by atoms with Crippen LogP contribution in [0, 0.1) is 6.92 Å². The Bertz CT molecular complexity index is 645. The lowest BCUT2D eigenvalue weighted by Crippen LogP contribution is -2.42. The van der Waals surface area contributed by atoms with Crippen molar-refractivity contribution < 1.29 is 19.1 Å². The second-order valence-corrected chi connectivity index (χ2v) is 7.76. The predicted molar refractivity (Wildman–Crippen MR) is 107 cm³/mol. The molecule has 0 aromatic heterocycles. The summed E-state index contributed by atoms with van der Waals surface area (Å²) in [5.41, 5.74) is 0.556. The lowest BCUT2D eigenvalue weighted by molar-refractivity contribution is -0.123. The van der Waals surface area contributed by atoms with Gasteiger partial charge >= 0.3 is 6.09 Å². The molecule has 0 N–H and O–H groups in total. The number of benzene rings is 1. The Kier molecular flexibility index (Phi) is 8.34. The number of hydrogen-bond acceptors (Lipinski definition) is 4. The van der Waals surface area contributed by atoms with E-state index in [4.69, 9.17) is 9.47 Å². The van der Waals surface area contributed by atoms with E-state index < -0.39 is 11.7 Å². The predicted octanol–water partition coefficient (Wildman–Crippen LogP) is 3.64. The molecule has 0 radical (unpaired) electrons. The monoisotopic (exact) mass is 376 g/mol. The Hall–Kier alpha value is -2.50. The van der Waals surface area contributed by atoms with Crippen LogP contribution in [0.25, 0.3) is 0 Å². The third-order valence-corrected chi connectivity index (χ3v) is 3.51. The minimum absolute atomic E-state index is 0.136. The average molecular weight is 376 g/mol. The van der Waals surface area contributed by atoms with Crippen LogP contribution >= 0.6 is 0 Å². The van der Waals surface area contributed by atoms with Crippen LogP contribution in [0.1, 0.15) is 33.3 Å². The van der Waals surface area contributed by atoms with E-state index in [2.05, 4.69) is 0 Å². The van der Waals surface area contributed by atoms with Gasteiger partial charge < -0.3 is 19.3 Å². The molecule has 0 aliphatic rings. The Morgan fingerprint density at radius 1 is 1.15 bits per heavy atom. The molecule has 0 bridgehead atoms. The summed E-state index contributed by atoms with van der Waals surface area (Å²) in [6.45, 7) is 9.96. The van der Waals surface area contributed by atoms with E-state index in [0.717, 1.165) is 11.3 Å². The quantitative estimate of drug-likeness (QED) is 0.682. The maximum absolute atomic E-state index is 12.5. The molecule has 6 heteroatoms. The molecular formula is C21H32N2O4. The molecule has 1 aromatic carbocycles. The molecule has 0 heterocycles. The van der Waals surface area contributed by atoms with Crippen LogP contribution < -0.4 is 4.74 Å². The summed E-state index contributed by atoms with van der Waals surface area (Å²) in [4.78, 5) is 27.2. The van der Waals surface area contributed by atoms with E-state index in [0.29, 0.717) is 6.54 Å². The zero-order valence-electron chi connectivity index (χ0n) is 17.5. The van der Waals surface area contributed by atoms with Crippen LogP contribution in [-0.2, 0) is 9.53 Å². The lowest BCUT2D eigenvalue weighted by atomic mass is 10.2. The first kappa shape index (κ1) is 22.5. The minimum atomic E-state index is -0.598. The topological polar surface area (TPSA) is 59.1 Å². The highest BCUT2D eigenvalue weighted by atomic mass is 16.6. The molecule has 1 aromatic rings. The number of rotatable bonds is 7. The van der Waals surface area contributed by atoms with Gasteiger partial charge in [-0.05, 0) is 46.8 Å². The van der Waals surface area contributed by atoms with E-state index in [1.54, 1.807) is 20.2 Å². The van der Waals surface area contributed by atoms with Gasteiger partial charge in [0.1, 0.15) is 17.5 Å². The minimum Gasteiger partial charge on any atom is -0.489 e. The smallest absolute Gasteiger partial charge is 0.410 e. The standard InChI is InChI=1S/C21H32N2O4/c1-16-10-12-18(13-11-16)26-17(2)15-23(20(25)27-21(3,4)5)14-8-9-19(24)22(6)7/h8-13,17H,14-15H2,1-7H3/b9-8+. The Balaban J connectivity index is 2.77. The first-order valence-electron chi connectivity index (χ1n) is 9.07. The molecule has 0 saturated carbocycles. The van der Waals surface area contributed by atoms with Gasteiger partial charge in [-0.2, -0.15) is 0 Å². The second kappa shape index (κ2) is 10.00. The number of ether oxygens (including phenoxy) is 2. The third kappa shape index (κ3) is 9.13. The zero-order chi connectivity index (χ0) is 20.6. The maximum Gasteiger partial charge on any atom is 0.410 e. The molecule has 1 atom stereocenters. The fourth-order valence-electron chi connectivity index (χ4n) is 2.18. The number of likely N-dealkylation sites (N-methyl/N-ethyl adjacent to an activating group) is 1. The van der Waals surface area contributed by atoms with Gasteiger partial charge in [0.25, 0.3) is 0 Å². The van der Waals surface area contributed by atoms with Crippen molar-refractivity contribution in [2.75, 3.05) is 27.2 Å². The summed E-state index contributed by atoms with van der Waals surface area (Å²) in [5.74, 6) is 0.610. The molecular weight excluding hydrogens is 344 g/mol. The molecule has 0 saturated heterocycles. The van der Waals surface area contributed by atoms with Crippen LogP contribution in [0.2, 0.25) is 0 Å². The van der Waals surface area contributed by atoms with Gasteiger partial charge in [-0.3, -0.25) is 4.79 Å². The number of hydrogen-bond donors (Lipinski definition) is 0. The van der Waals surface area contributed by atoms with Crippen molar-refractivity contribution >= 4 is 12.0 Å². The second-order valence-electron chi connectivity index (χ2n) is 7.76. The number of carbonyl (C=O) groups is 2. The van der Waals surface area contributed by atoms with Crippen molar-refractivity contribution in [3.8, 4) is 5.75 Å². The molecule has 1 unspecified atom stereocenters. The van der Waals surface area contributed by atoms with Gasteiger partial charge in [-0.25, -0.2) is 4.79 Å². The van der Waals surface area contributed by atoms with Crippen molar-refractivity contribution in [2.24, 2.45) is 0 Å². The number of nitrogens with zero attached hydrogens (tertiary/aromatic N) is 2. The molecule has 27 heavy (non-hydrogen) atoms. The van der Waals surface area contributed by atoms with Crippen molar-refractivity contribution in [1.29, 1.82) is 0 Å². The highest BCUT2D eigenvalue weighted by molar-refractivity contribution is 5.87. The number of amides is 2. The fourth-order valence-corrected chi connectivity index (χ4v) is 2.18. The van der Waals surface area contributed by atoms with Crippen LogP contribution in [-0.4, -0.2) is 60.7 Å². The maximum atomic E-state index is 12.5. The number of aryl methyl sites for hydroxylation is 1. The van der Waals surface area contributed by atoms with Crippen molar-refractivity contribution in [1.82, 2.24) is 9.80 Å². The van der Waals surface area contributed by atoms with E-state index in [-0.39, 0.29) is 18.6 Å². The van der Waals surface area contributed by atoms with Gasteiger partial charge in [0.15, 0.2) is 0 Å². The summed E-state index contributed by atoms with van der Waals surface area (Å²) < 4.78 is 11.4. The summed E-state index contributed by atoms with van der Waals surface area (Å²) in [6.07, 6.45) is 2.43. The largest absolute Gasteiger partial charge is 0.489 e. The van der Waals surface area contributed by atoms with Gasteiger partial charge in [0.05, 0.1) is 6.54 Å². The van der Waals surface area contributed by atoms with Gasteiger partial charge in [-0.1, -0.05) is 23.8 Å². The first-order chi connectivity index (χ1) is 12.5. The van der Waals surface area contributed by atoms with Gasteiger partial charge in [0, 0.05) is 26.7 Å². The molecule has 0 fully saturated rings. The molecule has 0 aliphatic carbocycles. The highest BCUT2D eigenvalue weighted by Gasteiger charge is 2.23. The average Bonchev–Trinajstić information content (AvgIpc) is 2.54. The first-order valence-corrected chi connectivity index (χ1v) is 9.07. The molecule has 150 valence electrons. The summed E-state index contributed by atoms with van der Waals surface area (Å²) in [7, 11) is 3.35. The van der Waals surface area contributed by atoms with Gasteiger partial charge in [0.2, 0.25) is 5.91 Å². The summed E-state index contributed by atoms with van der Waals surface area (Å²) in [5, 5.41) is 0. The SMILES string of the molecule is Cc1ccc(OC(C)CN(C/C=C/C(=O)N(C)C)C(=O)OC(C)(C)C)cc1. The molecule has 0 spiro atoms. The van der Waals surface area contributed by atoms with Crippen LogP contribution in [0.4, 0.5) is 4.79 Å². The molecule has 2 amide bonds.